The van der Waals surface area contributed by atoms with Crippen LogP contribution in [0.1, 0.15) is 20.8 Å². The number of hydrogen-bond donors (Lipinski definition) is 1. The lowest BCUT2D eigenvalue weighted by atomic mass is 10.1. The molecule has 1 N–H and O–H groups in total. The van der Waals surface area contributed by atoms with Gasteiger partial charge in [0, 0.05) is 19.1 Å². The van der Waals surface area contributed by atoms with Crippen LogP contribution in [-0.2, 0) is 4.74 Å². The number of aliphatic hydroxyl groups excluding tert-OH is 1. The molecule has 0 aliphatic heterocycles. The summed E-state index contributed by atoms with van der Waals surface area (Å²) in [6.45, 7) is 6.85. The Kier molecular flexibility index (Phi) is 4.72. The first kappa shape index (κ1) is 8.92. The molecule has 0 unspecified atom stereocenters. The van der Waals surface area contributed by atoms with Gasteiger partial charge in [-0.15, -0.1) is 0 Å². The molecule has 9 heavy (non-hydrogen) atoms. The molecule has 0 saturated heterocycles. The maximum Gasteiger partial charge on any atom is 0.0594 e. The summed E-state index contributed by atoms with van der Waals surface area (Å²) in [5, 5.41) is 8.65. The van der Waals surface area contributed by atoms with Gasteiger partial charge in [-0.3, -0.25) is 0 Å². The highest BCUT2D eigenvalue weighted by molar-refractivity contribution is 4.57. The van der Waals surface area contributed by atoms with Crippen molar-refractivity contribution < 1.29 is 9.84 Å². The van der Waals surface area contributed by atoms with Crippen LogP contribution in [-0.4, -0.2) is 24.4 Å². The Morgan fingerprint density at radius 2 is 2.00 bits per heavy atom. The Labute approximate surface area is 56.8 Å². The molecular formula is C7H16O2. The van der Waals surface area contributed by atoms with Gasteiger partial charge < -0.3 is 9.84 Å². The average molecular weight is 132 g/mol. The van der Waals surface area contributed by atoms with Crippen LogP contribution < -0.4 is 0 Å². The molecule has 2 atom stereocenters. The number of ether oxygens (including phenoxy) is 1. The standard InChI is InChI=1S/C7H16O2/c1-4-9-7(3)6(2)5-8/h6-8H,4-5H2,1-3H3/t6-,7-/m1/s1. The molecule has 0 amide bonds. The zero-order chi connectivity index (χ0) is 7.28. The lowest BCUT2D eigenvalue weighted by molar-refractivity contribution is 0.0189. The van der Waals surface area contributed by atoms with Crippen LogP contribution in [0.25, 0.3) is 0 Å². The highest BCUT2D eigenvalue weighted by Gasteiger charge is 2.09. The highest BCUT2D eigenvalue weighted by Crippen LogP contribution is 2.04. The smallest absolute Gasteiger partial charge is 0.0594 e. The Morgan fingerprint density at radius 1 is 1.44 bits per heavy atom. The van der Waals surface area contributed by atoms with Crippen LogP contribution in [0, 0.1) is 5.92 Å². The van der Waals surface area contributed by atoms with E-state index in [0.717, 1.165) is 6.61 Å². The van der Waals surface area contributed by atoms with Crippen LogP contribution in [0.15, 0.2) is 0 Å². The van der Waals surface area contributed by atoms with Crippen LogP contribution in [0.3, 0.4) is 0 Å². The second-order valence-electron chi connectivity index (χ2n) is 2.32. The molecular weight excluding hydrogens is 116 g/mol. The van der Waals surface area contributed by atoms with Crippen LogP contribution in [0.2, 0.25) is 0 Å². The van der Waals surface area contributed by atoms with E-state index in [9.17, 15) is 0 Å². The summed E-state index contributed by atoms with van der Waals surface area (Å²) in [6, 6.07) is 0. The van der Waals surface area contributed by atoms with Crippen LogP contribution >= 0.6 is 0 Å². The molecule has 0 heterocycles. The number of hydrogen-bond acceptors (Lipinski definition) is 2. The maximum atomic E-state index is 8.65. The van der Waals surface area contributed by atoms with Crippen molar-refractivity contribution in [2.75, 3.05) is 13.2 Å². The van der Waals surface area contributed by atoms with E-state index in [1.165, 1.54) is 0 Å². The molecule has 0 aromatic heterocycles. The van der Waals surface area contributed by atoms with E-state index in [2.05, 4.69) is 0 Å². The van der Waals surface area contributed by atoms with E-state index in [1.807, 2.05) is 20.8 Å². The Morgan fingerprint density at radius 3 is 2.33 bits per heavy atom. The third-order valence-electron chi connectivity index (χ3n) is 1.52. The predicted octanol–water partition coefficient (Wildman–Crippen LogP) is 1.04. The van der Waals surface area contributed by atoms with E-state index in [-0.39, 0.29) is 18.6 Å². The topological polar surface area (TPSA) is 29.5 Å². The van der Waals surface area contributed by atoms with Gasteiger partial charge >= 0.3 is 0 Å². The minimum absolute atomic E-state index is 0.181. The van der Waals surface area contributed by atoms with Crippen molar-refractivity contribution in [2.45, 2.75) is 26.9 Å². The van der Waals surface area contributed by atoms with Gasteiger partial charge in [-0.05, 0) is 13.8 Å². The summed E-state index contributed by atoms with van der Waals surface area (Å²) in [5.41, 5.74) is 0. The van der Waals surface area contributed by atoms with E-state index >= 15 is 0 Å². The Bertz CT molecular complexity index is 63.9. The van der Waals surface area contributed by atoms with E-state index < -0.39 is 0 Å². The largest absolute Gasteiger partial charge is 0.396 e. The van der Waals surface area contributed by atoms with Crippen molar-refractivity contribution in [3.63, 3.8) is 0 Å². The molecule has 0 spiro atoms. The van der Waals surface area contributed by atoms with Crippen molar-refractivity contribution >= 4 is 0 Å². The molecule has 0 aliphatic rings. The molecule has 0 fully saturated rings. The van der Waals surface area contributed by atoms with Gasteiger partial charge in [-0.2, -0.15) is 0 Å². The highest BCUT2D eigenvalue weighted by atomic mass is 16.5. The fourth-order valence-electron chi connectivity index (χ4n) is 0.576. The molecule has 0 aromatic carbocycles. The zero-order valence-corrected chi connectivity index (χ0v) is 6.42. The Balaban J connectivity index is 3.32. The van der Waals surface area contributed by atoms with Crippen LogP contribution in [0.4, 0.5) is 0 Å². The van der Waals surface area contributed by atoms with E-state index in [4.69, 9.17) is 9.84 Å². The monoisotopic (exact) mass is 132 g/mol. The van der Waals surface area contributed by atoms with Gasteiger partial charge in [-0.25, -0.2) is 0 Å². The second-order valence-corrected chi connectivity index (χ2v) is 2.32. The fraction of sp³-hybridized carbons (Fsp3) is 1.00. The van der Waals surface area contributed by atoms with Crippen molar-refractivity contribution in [3.8, 4) is 0 Å². The van der Waals surface area contributed by atoms with Gasteiger partial charge in [0.1, 0.15) is 0 Å². The molecule has 56 valence electrons. The molecule has 2 nitrogen and oxygen atoms in total. The third kappa shape index (κ3) is 3.49. The van der Waals surface area contributed by atoms with E-state index in [1.54, 1.807) is 0 Å². The molecule has 0 saturated carbocycles. The van der Waals surface area contributed by atoms with Crippen molar-refractivity contribution in [1.82, 2.24) is 0 Å². The summed E-state index contributed by atoms with van der Waals surface area (Å²) in [5.74, 6) is 0.255. The van der Waals surface area contributed by atoms with Crippen molar-refractivity contribution in [1.29, 1.82) is 0 Å². The minimum atomic E-state index is 0.181. The molecule has 0 aliphatic carbocycles. The van der Waals surface area contributed by atoms with Crippen molar-refractivity contribution in [2.24, 2.45) is 5.92 Å². The molecule has 0 aromatic rings. The number of aliphatic hydroxyl groups is 1. The van der Waals surface area contributed by atoms with Gasteiger partial charge in [0.2, 0.25) is 0 Å². The summed E-state index contributed by atoms with van der Waals surface area (Å²) >= 11 is 0. The SMILES string of the molecule is CCO[C@H](C)[C@H](C)CO. The van der Waals surface area contributed by atoms with Gasteiger partial charge in [0.15, 0.2) is 0 Å². The lowest BCUT2D eigenvalue weighted by Crippen LogP contribution is -2.20. The lowest BCUT2D eigenvalue weighted by Gasteiger charge is -2.16. The summed E-state index contributed by atoms with van der Waals surface area (Å²) < 4.78 is 5.23. The Hall–Kier alpha value is -0.0800. The molecule has 0 bridgehead atoms. The number of rotatable bonds is 4. The quantitative estimate of drug-likeness (QED) is 0.619. The predicted molar refractivity (Wildman–Crippen MR) is 37.3 cm³/mol. The van der Waals surface area contributed by atoms with Gasteiger partial charge in [-0.1, -0.05) is 6.92 Å². The van der Waals surface area contributed by atoms with Gasteiger partial charge in [0.25, 0.3) is 0 Å². The first-order chi connectivity index (χ1) is 4.22. The summed E-state index contributed by atoms with van der Waals surface area (Å²) in [4.78, 5) is 0. The molecule has 0 rings (SSSR count). The van der Waals surface area contributed by atoms with Crippen molar-refractivity contribution in [3.05, 3.63) is 0 Å². The van der Waals surface area contributed by atoms with E-state index in [0.29, 0.717) is 0 Å². The minimum Gasteiger partial charge on any atom is -0.396 e. The maximum absolute atomic E-state index is 8.65. The summed E-state index contributed by atoms with van der Waals surface area (Å²) in [7, 11) is 0. The second kappa shape index (κ2) is 4.77. The average Bonchev–Trinajstić information content (AvgIpc) is 1.87. The zero-order valence-electron chi connectivity index (χ0n) is 6.42. The third-order valence-corrected chi connectivity index (χ3v) is 1.52. The normalized spacial score (nSPS) is 17.3. The first-order valence-electron chi connectivity index (χ1n) is 3.44. The van der Waals surface area contributed by atoms with Gasteiger partial charge in [0.05, 0.1) is 6.10 Å². The summed E-state index contributed by atoms with van der Waals surface area (Å²) in [6.07, 6.45) is 0.181. The molecule has 0 radical (unpaired) electrons. The van der Waals surface area contributed by atoms with Crippen LogP contribution in [0.5, 0.6) is 0 Å². The first-order valence-corrected chi connectivity index (χ1v) is 3.44. The molecule has 2 heteroatoms. The fourth-order valence-corrected chi connectivity index (χ4v) is 0.576.